The number of hydrogen-bond acceptors (Lipinski definition) is 3. The van der Waals surface area contributed by atoms with Crippen LogP contribution in [0.15, 0.2) is 48.5 Å². The molecule has 0 fully saturated rings. The number of rotatable bonds is 5. The van der Waals surface area contributed by atoms with Gasteiger partial charge in [-0.3, -0.25) is 0 Å². The number of alkyl halides is 3. The lowest BCUT2D eigenvalue weighted by molar-refractivity contribution is -0.141. The number of alkyl carbamates (subject to hydrolysis) is 1. The number of aliphatic carboxylic acids is 1. The molecule has 5 nitrogen and oxygen atoms in total. The number of carbonyl (C=O) groups excluding carboxylic acids is 1. The Bertz CT molecular complexity index is 793. The summed E-state index contributed by atoms with van der Waals surface area (Å²) in [5.74, 6) is -3.17. The van der Waals surface area contributed by atoms with Gasteiger partial charge < -0.3 is 15.2 Å². The molecule has 1 amide bonds. The second kappa shape index (κ2) is 7.85. The van der Waals surface area contributed by atoms with Crippen LogP contribution in [0.25, 0.3) is 0 Å². The summed E-state index contributed by atoms with van der Waals surface area (Å²) in [7, 11) is 0. The standard InChI is InChI=1S/C17H13F4NO4/c18-13-7-6-11(8-12(13)17(19,20)21)14(15(23)24)22-16(25)26-9-10-4-2-1-3-5-10/h1-8,14H,9H2,(H,22,25)(H,23,24). The number of halogens is 4. The molecule has 0 saturated heterocycles. The van der Waals surface area contributed by atoms with E-state index < -0.39 is 41.2 Å². The van der Waals surface area contributed by atoms with Gasteiger partial charge in [0.05, 0.1) is 5.56 Å². The monoisotopic (exact) mass is 371 g/mol. The Kier molecular flexibility index (Phi) is 5.81. The Hall–Kier alpha value is -3.10. The van der Waals surface area contributed by atoms with Crippen LogP contribution in [-0.4, -0.2) is 17.2 Å². The Labute approximate surface area is 145 Å². The topological polar surface area (TPSA) is 75.6 Å². The fraction of sp³-hybridized carbons (Fsp3) is 0.176. The number of carboxylic acid groups (broad SMARTS) is 1. The summed E-state index contributed by atoms with van der Waals surface area (Å²) >= 11 is 0. The largest absolute Gasteiger partial charge is 0.479 e. The molecule has 0 radical (unpaired) electrons. The summed E-state index contributed by atoms with van der Waals surface area (Å²) in [4.78, 5) is 23.1. The molecule has 2 rings (SSSR count). The predicted molar refractivity (Wildman–Crippen MR) is 81.5 cm³/mol. The van der Waals surface area contributed by atoms with E-state index in [9.17, 15) is 32.3 Å². The molecule has 138 valence electrons. The molecule has 2 N–H and O–H groups in total. The van der Waals surface area contributed by atoms with Gasteiger partial charge in [0.15, 0.2) is 6.04 Å². The van der Waals surface area contributed by atoms with E-state index in [1.54, 1.807) is 30.3 Å². The Morgan fingerprint density at radius 1 is 1.12 bits per heavy atom. The molecular formula is C17H13F4NO4. The number of carboxylic acids is 1. The number of amides is 1. The molecule has 0 aliphatic rings. The molecule has 1 unspecified atom stereocenters. The van der Waals surface area contributed by atoms with Gasteiger partial charge in [0.25, 0.3) is 0 Å². The summed E-state index contributed by atoms with van der Waals surface area (Å²) in [6.45, 7) is -0.157. The smallest absolute Gasteiger partial charge is 0.419 e. The zero-order valence-corrected chi connectivity index (χ0v) is 13.1. The van der Waals surface area contributed by atoms with Gasteiger partial charge in [-0.2, -0.15) is 13.2 Å². The maximum Gasteiger partial charge on any atom is 0.419 e. The minimum absolute atomic E-state index is 0.157. The molecule has 0 aliphatic heterocycles. The minimum atomic E-state index is -5.00. The number of ether oxygens (including phenoxy) is 1. The molecule has 0 spiro atoms. The van der Waals surface area contributed by atoms with Gasteiger partial charge in [-0.05, 0) is 23.3 Å². The summed E-state index contributed by atoms with van der Waals surface area (Å²) in [6, 6.07) is 8.32. The van der Waals surface area contributed by atoms with Gasteiger partial charge in [-0.25, -0.2) is 14.0 Å². The van der Waals surface area contributed by atoms with Crippen LogP contribution >= 0.6 is 0 Å². The van der Waals surface area contributed by atoms with Crippen LogP contribution in [0.5, 0.6) is 0 Å². The van der Waals surface area contributed by atoms with Gasteiger partial charge in [0, 0.05) is 0 Å². The number of carbonyl (C=O) groups is 2. The summed E-state index contributed by atoms with van der Waals surface area (Å²) in [6.07, 6.45) is -6.14. The molecule has 0 aliphatic carbocycles. The van der Waals surface area contributed by atoms with Gasteiger partial charge in [-0.1, -0.05) is 36.4 Å². The molecule has 0 bridgehead atoms. The van der Waals surface area contributed by atoms with Crippen LogP contribution in [-0.2, 0) is 22.3 Å². The SMILES string of the molecule is O=C(NC(C(=O)O)c1ccc(F)c(C(F)(F)F)c1)OCc1ccccc1. The van der Waals surface area contributed by atoms with Crippen molar-refractivity contribution in [1.82, 2.24) is 5.32 Å². The van der Waals surface area contributed by atoms with Crippen molar-refractivity contribution in [3.63, 3.8) is 0 Å². The molecule has 2 aromatic carbocycles. The van der Waals surface area contributed by atoms with E-state index >= 15 is 0 Å². The third-order valence-electron chi connectivity index (χ3n) is 3.35. The van der Waals surface area contributed by atoms with Gasteiger partial charge in [0.1, 0.15) is 12.4 Å². The van der Waals surface area contributed by atoms with Gasteiger partial charge in [-0.15, -0.1) is 0 Å². The fourth-order valence-electron chi connectivity index (χ4n) is 2.11. The van der Waals surface area contributed by atoms with Crippen molar-refractivity contribution in [1.29, 1.82) is 0 Å². The van der Waals surface area contributed by atoms with E-state index in [0.29, 0.717) is 17.7 Å². The lowest BCUT2D eigenvalue weighted by Gasteiger charge is -2.17. The van der Waals surface area contributed by atoms with Crippen molar-refractivity contribution < 1.29 is 37.0 Å². The Morgan fingerprint density at radius 2 is 1.77 bits per heavy atom. The van der Waals surface area contributed by atoms with Crippen molar-refractivity contribution in [2.75, 3.05) is 0 Å². The first-order valence-electron chi connectivity index (χ1n) is 7.25. The van der Waals surface area contributed by atoms with Crippen LogP contribution in [0.1, 0.15) is 22.7 Å². The maximum atomic E-state index is 13.3. The van der Waals surface area contributed by atoms with Crippen molar-refractivity contribution in [3.05, 3.63) is 71.0 Å². The quantitative estimate of drug-likeness (QED) is 0.782. The van der Waals surface area contributed by atoms with E-state index in [4.69, 9.17) is 4.74 Å². The van der Waals surface area contributed by atoms with Crippen molar-refractivity contribution >= 4 is 12.1 Å². The maximum absolute atomic E-state index is 13.3. The highest BCUT2D eigenvalue weighted by molar-refractivity contribution is 5.81. The second-order valence-electron chi connectivity index (χ2n) is 5.21. The van der Waals surface area contributed by atoms with Crippen LogP contribution in [0, 0.1) is 5.82 Å². The summed E-state index contributed by atoms with van der Waals surface area (Å²) < 4.78 is 56.5. The highest BCUT2D eigenvalue weighted by Gasteiger charge is 2.35. The van der Waals surface area contributed by atoms with E-state index in [-0.39, 0.29) is 6.61 Å². The Morgan fingerprint density at radius 3 is 2.35 bits per heavy atom. The van der Waals surface area contributed by atoms with Crippen LogP contribution in [0.2, 0.25) is 0 Å². The van der Waals surface area contributed by atoms with Crippen LogP contribution < -0.4 is 5.32 Å². The highest BCUT2D eigenvalue weighted by atomic mass is 19.4. The average molecular weight is 371 g/mol. The molecular weight excluding hydrogens is 358 g/mol. The summed E-state index contributed by atoms with van der Waals surface area (Å²) in [5, 5.41) is 11.1. The normalized spacial score (nSPS) is 12.3. The Balaban J connectivity index is 2.14. The lowest BCUT2D eigenvalue weighted by atomic mass is 10.0. The summed E-state index contributed by atoms with van der Waals surface area (Å²) in [5.41, 5.74) is -1.43. The van der Waals surface area contributed by atoms with Crippen molar-refractivity contribution in [3.8, 4) is 0 Å². The van der Waals surface area contributed by atoms with Crippen molar-refractivity contribution in [2.45, 2.75) is 18.8 Å². The molecule has 9 heteroatoms. The second-order valence-corrected chi connectivity index (χ2v) is 5.21. The predicted octanol–water partition coefficient (Wildman–Crippen LogP) is 3.90. The van der Waals surface area contributed by atoms with E-state index in [1.807, 2.05) is 5.32 Å². The fourth-order valence-corrected chi connectivity index (χ4v) is 2.11. The highest BCUT2D eigenvalue weighted by Crippen LogP contribution is 2.33. The van der Waals surface area contributed by atoms with E-state index in [2.05, 4.69) is 0 Å². The molecule has 1 atom stereocenters. The first-order valence-corrected chi connectivity index (χ1v) is 7.25. The first-order chi connectivity index (χ1) is 12.2. The molecule has 0 heterocycles. The third kappa shape index (κ3) is 4.95. The lowest BCUT2D eigenvalue weighted by Crippen LogP contribution is -2.34. The minimum Gasteiger partial charge on any atom is -0.479 e. The zero-order chi connectivity index (χ0) is 19.3. The van der Waals surface area contributed by atoms with Crippen molar-refractivity contribution in [2.24, 2.45) is 0 Å². The molecule has 0 saturated carbocycles. The number of benzene rings is 2. The van der Waals surface area contributed by atoms with Crippen LogP contribution in [0.3, 0.4) is 0 Å². The zero-order valence-electron chi connectivity index (χ0n) is 13.1. The third-order valence-corrected chi connectivity index (χ3v) is 3.35. The number of nitrogens with one attached hydrogen (secondary N) is 1. The number of hydrogen-bond donors (Lipinski definition) is 2. The van der Waals surface area contributed by atoms with E-state index in [0.717, 1.165) is 6.07 Å². The first kappa shape index (κ1) is 19.2. The van der Waals surface area contributed by atoms with Gasteiger partial charge in [0.2, 0.25) is 0 Å². The molecule has 0 aromatic heterocycles. The van der Waals surface area contributed by atoms with Crippen LogP contribution in [0.4, 0.5) is 22.4 Å². The van der Waals surface area contributed by atoms with E-state index in [1.165, 1.54) is 0 Å². The molecule has 26 heavy (non-hydrogen) atoms. The average Bonchev–Trinajstić information content (AvgIpc) is 2.58. The van der Waals surface area contributed by atoms with Gasteiger partial charge >= 0.3 is 18.2 Å². The molecule has 2 aromatic rings.